The summed E-state index contributed by atoms with van der Waals surface area (Å²) in [6.45, 7) is 4.99. The van der Waals surface area contributed by atoms with Gasteiger partial charge in [-0.05, 0) is 31.9 Å². The van der Waals surface area contributed by atoms with Crippen LogP contribution in [0.3, 0.4) is 0 Å². The molecule has 0 spiro atoms. The van der Waals surface area contributed by atoms with Gasteiger partial charge in [0, 0.05) is 37.7 Å². The number of rotatable bonds is 3. The van der Waals surface area contributed by atoms with Crippen LogP contribution in [-0.2, 0) is 6.42 Å². The van der Waals surface area contributed by atoms with E-state index in [0.29, 0.717) is 5.88 Å². The highest BCUT2D eigenvalue weighted by Crippen LogP contribution is 2.30. The van der Waals surface area contributed by atoms with Crippen molar-refractivity contribution in [2.75, 3.05) is 18.5 Å². The Labute approximate surface area is 134 Å². The van der Waals surface area contributed by atoms with E-state index >= 15 is 0 Å². The van der Waals surface area contributed by atoms with Crippen molar-refractivity contribution >= 4 is 11.5 Å². The lowest BCUT2D eigenvalue weighted by Crippen LogP contribution is -2.13. The van der Waals surface area contributed by atoms with E-state index in [1.165, 1.54) is 5.56 Å². The second kappa shape index (κ2) is 5.22. The van der Waals surface area contributed by atoms with E-state index in [1.807, 2.05) is 36.8 Å². The third-order valence-corrected chi connectivity index (χ3v) is 4.06. The molecule has 0 atom stereocenters. The SMILES string of the molecule is CC(C)Oc1nccn2c(-c3cnc4c(c3)CCN4C)cnc12. The molecule has 4 heterocycles. The van der Waals surface area contributed by atoms with Crippen molar-refractivity contribution in [3.05, 3.63) is 36.4 Å². The Morgan fingerprint density at radius 1 is 1.17 bits per heavy atom. The molecule has 6 nitrogen and oxygen atoms in total. The molecule has 1 aliphatic rings. The van der Waals surface area contributed by atoms with Crippen molar-refractivity contribution in [1.82, 2.24) is 19.4 Å². The van der Waals surface area contributed by atoms with Gasteiger partial charge in [-0.3, -0.25) is 4.40 Å². The van der Waals surface area contributed by atoms with Gasteiger partial charge in [0.25, 0.3) is 5.88 Å². The Bertz CT molecular complexity index is 871. The van der Waals surface area contributed by atoms with Crippen LogP contribution in [0.5, 0.6) is 5.88 Å². The van der Waals surface area contributed by atoms with E-state index in [0.717, 1.165) is 35.7 Å². The summed E-state index contributed by atoms with van der Waals surface area (Å²) >= 11 is 0. The van der Waals surface area contributed by atoms with Gasteiger partial charge in [-0.25, -0.2) is 15.0 Å². The Kier molecular flexibility index (Phi) is 3.18. The molecule has 0 aromatic carbocycles. The smallest absolute Gasteiger partial charge is 0.258 e. The van der Waals surface area contributed by atoms with Crippen molar-refractivity contribution in [1.29, 1.82) is 0 Å². The number of fused-ring (bicyclic) bond motifs is 2. The monoisotopic (exact) mass is 309 g/mol. The van der Waals surface area contributed by atoms with Gasteiger partial charge in [-0.1, -0.05) is 0 Å². The number of aromatic nitrogens is 4. The summed E-state index contributed by atoms with van der Waals surface area (Å²) < 4.78 is 7.75. The van der Waals surface area contributed by atoms with Gasteiger partial charge in [-0.2, -0.15) is 0 Å². The molecule has 0 bridgehead atoms. The minimum Gasteiger partial charge on any atom is -0.472 e. The second-order valence-electron chi connectivity index (χ2n) is 6.11. The Hall–Kier alpha value is -2.63. The van der Waals surface area contributed by atoms with E-state index in [2.05, 4.69) is 33.0 Å². The maximum atomic E-state index is 5.75. The van der Waals surface area contributed by atoms with Crippen molar-refractivity contribution in [3.8, 4) is 17.1 Å². The predicted octanol–water partition coefficient (Wildman–Crippen LogP) is 2.57. The average molecular weight is 309 g/mol. The molecule has 0 saturated carbocycles. The van der Waals surface area contributed by atoms with Crippen LogP contribution in [0.1, 0.15) is 19.4 Å². The highest BCUT2D eigenvalue weighted by molar-refractivity contribution is 5.68. The van der Waals surface area contributed by atoms with Crippen molar-refractivity contribution in [3.63, 3.8) is 0 Å². The lowest BCUT2D eigenvalue weighted by molar-refractivity contribution is 0.234. The molecule has 0 N–H and O–H groups in total. The van der Waals surface area contributed by atoms with Crippen LogP contribution >= 0.6 is 0 Å². The summed E-state index contributed by atoms with van der Waals surface area (Å²) in [5, 5.41) is 0. The summed E-state index contributed by atoms with van der Waals surface area (Å²) in [5.74, 6) is 1.63. The highest BCUT2D eigenvalue weighted by Gasteiger charge is 2.19. The first-order chi connectivity index (χ1) is 11.1. The molecule has 0 aliphatic carbocycles. The molecule has 0 radical (unpaired) electrons. The average Bonchev–Trinajstić information content (AvgIpc) is 3.11. The number of imidazole rings is 1. The van der Waals surface area contributed by atoms with E-state index in [1.54, 1.807) is 6.20 Å². The fraction of sp³-hybridized carbons (Fsp3) is 0.353. The van der Waals surface area contributed by atoms with Crippen LogP contribution < -0.4 is 9.64 Å². The summed E-state index contributed by atoms with van der Waals surface area (Å²) in [5.41, 5.74) is 4.08. The molecule has 6 heteroatoms. The normalized spacial score (nSPS) is 13.8. The number of nitrogens with zero attached hydrogens (tertiary/aromatic N) is 5. The summed E-state index contributed by atoms with van der Waals surface area (Å²) in [7, 11) is 2.08. The first kappa shape index (κ1) is 14.0. The maximum Gasteiger partial charge on any atom is 0.258 e. The molecule has 3 aromatic heterocycles. The maximum absolute atomic E-state index is 5.75. The quantitative estimate of drug-likeness (QED) is 0.744. The number of likely N-dealkylation sites (N-methyl/N-ethyl adjacent to an activating group) is 1. The van der Waals surface area contributed by atoms with Gasteiger partial charge in [0.05, 0.1) is 18.0 Å². The van der Waals surface area contributed by atoms with E-state index in [4.69, 9.17) is 4.74 Å². The molecule has 0 saturated heterocycles. The first-order valence-electron chi connectivity index (χ1n) is 7.82. The van der Waals surface area contributed by atoms with Crippen LogP contribution in [-0.4, -0.2) is 39.0 Å². The number of anilines is 1. The molecular formula is C17H19N5O. The zero-order chi connectivity index (χ0) is 16.0. The van der Waals surface area contributed by atoms with Crippen molar-refractivity contribution < 1.29 is 4.74 Å². The predicted molar refractivity (Wildman–Crippen MR) is 89.0 cm³/mol. The number of hydrogen-bond donors (Lipinski definition) is 0. The molecule has 4 rings (SSSR count). The topological polar surface area (TPSA) is 55.6 Å². The summed E-state index contributed by atoms with van der Waals surface area (Å²) in [6, 6.07) is 2.21. The molecule has 0 fully saturated rings. The Morgan fingerprint density at radius 2 is 2.04 bits per heavy atom. The van der Waals surface area contributed by atoms with E-state index < -0.39 is 0 Å². The third kappa shape index (κ3) is 2.30. The largest absolute Gasteiger partial charge is 0.472 e. The van der Waals surface area contributed by atoms with E-state index in [9.17, 15) is 0 Å². The van der Waals surface area contributed by atoms with Crippen LogP contribution in [0.4, 0.5) is 5.82 Å². The van der Waals surface area contributed by atoms with Gasteiger partial charge >= 0.3 is 0 Å². The molecule has 118 valence electrons. The Balaban J connectivity index is 1.81. The molecular weight excluding hydrogens is 290 g/mol. The lowest BCUT2D eigenvalue weighted by Gasteiger charge is -2.11. The number of hydrogen-bond acceptors (Lipinski definition) is 5. The van der Waals surface area contributed by atoms with Crippen LogP contribution in [0.15, 0.2) is 30.9 Å². The Morgan fingerprint density at radius 3 is 2.87 bits per heavy atom. The molecule has 1 aliphatic heterocycles. The van der Waals surface area contributed by atoms with Crippen LogP contribution in [0.25, 0.3) is 16.9 Å². The fourth-order valence-electron chi connectivity index (χ4n) is 2.98. The molecule has 3 aromatic rings. The third-order valence-electron chi connectivity index (χ3n) is 4.06. The van der Waals surface area contributed by atoms with Gasteiger partial charge in [0.2, 0.25) is 5.65 Å². The fourth-order valence-corrected chi connectivity index (χ4v) is 2.98. The first-order valence-corrected chi connectivity index (χ1v) is 7.82. The van der Waals surface area contributed by atoms with Crippen molar-refractivity contribution in [2.45, 2.75) is 26.4 Å². The lowest BCUT2D eigenvalue weighted by atomic mass is 10.1. The van der Waals surface area contributed by atoms with Gasteiger partial charge < -0.3 is 9.64 Å². The molecule has 0 unspecified atom stereocenters. The minimum absolute atomic E-state index is 0.0612. The van der Waals surface area contributed by atoms with Gasteiger partial charge in [0.1, 0.15) is 5.82 Å². The zero-order valence-corrected chi connectivity index (χ0v) is 13.5. The standard InChI is InChI=1S/C17H19N5O/c1-11(2)23-17-16-20-10-14(22(16)7-5-18-17)13-8-12-4-6-21(3)15(12)19-9-13/h5,7-11H,4,6H2,1-3H3. The number of ether oxygens (including phenoxy) is 1. The second-order valence-corrected chi connectivity index (χ2v) is 6.11. The van der Waals surface area contributed by atoms with E-state index in [-0.39, 0.29) is 6.10 Å². The van der Waals surface area contributed by atoms with Crippen LogP contribution in [0.2, 0.25) is 0 Å². The molecule has 23 heavy (non-hydrogen) atoms. The van der Waals surface area contributed by atoms with Gasteiger partial charge in [0.15, 0.2) is 0 Å². The van der Waals surface area contributed by atoms with Crippen LogP contribution in [0, 0.1) is 0 Å². The highest BCUT2D eigenvalue weighted by atomic mass is 16.5. The molecule has 0 amide bonds. The van der Waals surface area contributed by atoms with Crippen molar-refractivity contribution in [2.24, 2.45) is 0 Å². The summed E-state index contributed by atoms with van der Waals surface area (Å²) in [4.78, 5) is 15.6. The summed E-state index contributed by atoms with van der Waals surface area (Å²) in [6.07, 6.45) is 8.51. The van der Waals surface area contributed by atoms with Gasteiger partial charge in [-0.15, -0.1) is 0 Å². The minimum atomic E-state index is 0.0612. The zero-order valence-electron chi connectivity index (χ0n) is 13.5. The number of pyridine rings is 1.